The lowest BCUT2D eigenvalue weighted by molar-refractivity contribution is -0.127. The van der Waals surface area contributed by atoms with Gasteiger partial charge in [-0.1, -0.05) is 24.6 Å². The molecule has 1 aromatic carbocycles. The zero-order chi connectivity index (χ0) is 20.9. The number of hydrogen-bond acceptors (Lipinski definition) is 4. The van der Waals surface area contributed by atoms with E-state index in [0.717, 1.165) is 38.6 Å². The summed E-state index contributed by atoms with van der Waals surface area (Å²) in [7, 11) is 5.62. The minimum absolute atomic E-state index is 0.00550. The van der Waals surface area contributed by atoms with Crippen molar-refractivity contribution in [1.82, 2.24) is 20.4 Å². The average molecular weight is 403 g/mol. The molecule has 1 heterocycles. The van der Waals surface area contributed by atoms with Gasteiger partial charge in [0.1, 0.15) is 6.54 Å². The van der Waals surface area contributed by atoms with Gasteiger partial charge in [0.25, 0.3) is 0 Å². The number of likely N-dealkylation sites (N-methyl/N-ethyl adjacent to an activating group) is 1. The Morgan fingerprint density at radius 1 is 1.03 bits per heavy atom. The third-order valence-corrected chi connectivity index (χ3v) is 5.20. The van der Waals surface area contributed by atoms with E-state index in [0.29, 0.717) is 0 Å². The number of carbonyl (C=O) groups is 1. The van der Waals surface area contributed by atoms with Crippen LogP contribution in [0.5, 0.6) is 0 Å². The maximum absolute atomic E-state index is 11.9. The summed E-state index contributed by atoms with van der Waals surface area (Å²) in [6.45, 7) is 6.15. The zero-order valence-electron chi connectivity index (χ0n) is 18.4. The molecule has 162 valence electrons. The molecular weight excluding hydrogens is 364 g/mol. The van der Waals surface area contributed by atoms with E-state index in [-0.39, 0.29) is 12.5 Å². The maximum Gasteiger partial charge on any atom is 0.243 e. The first-order valence-electron chi connectivity index (χ1n) is 10.8. The van der Waals surface area contributed by atoms with Gasteiger partial charge in [0.05, 0.1) is 0 Å². The second-order valence-corrected chi connectivity index (χ2v) is 7.82. The number of nitrogens with zero attached hydrogens (tertiary/aromatic N) is 4. The minimum Gasteiger partial charge on any atom is -0.375 e. The lowest BCUT2D eigenvalue weighted by atomic mass is 10.1. The van der Waals surface area contributed by atoms with Crippen molar-refractivity contribution in [3.8, 4) is 0 Å². The molecule has 7 nitrogen and oxygen atoms in total. The number of rotatable bonds is 10. The number of aliphatic imine (C=N–C) groups is 1. The molecule has 1 saturated heterocycles. The molecule has 1 aliphatic rings. The van der Waals surface area contributed by atoms with Gasteiger partial charge in [-0.05, 0) is 44.5 Å². The molecule has 2 N–H and O–H groups in total. The predicted molar refractivity (Wildman–Crippen MR) is 122 cm³/mol. The first-order chi connectivity index (χ1) is 14.1. The fraction of sp³-hybridized carbons (Fsp3) is 0.636. The number of nitrogens with one attached hydrogen (secondary N) is 2. The summed E-state index contributed by atoms with van der Waals surface area (Å²) in [5, 5.41) is 6.78. The summed E-state index contributed by atoms with van der Waals surface area (Å²) in [6.07, 6.45) is 4.93. The Hall–Kier alpha value is -2.28. The molecule has 0 bridgehead atoms. The van der Waals surface area contributed by atoms with Crippen LogP contribution in [0.25, 0.3) is 0 Å². The SMILES string of the molecule is CN(C)C(=O)CN=C(NCCCN(C)c1ccccc1)NCCN1CCCCC1. The number of likely N-dealkylation sites (tertiary alicyclic amines) is 1. The molecule has 0 aromatic heterocycles. The van der Waals surface area contributed by atoms with Crippen LogP contribution in [0.2, 0.25) is 0 Å². The smallest absolute Gasteiger partial charge is 0.243 e. The summed E-state index contributed by atoms with van der Waals surface area (Å²) in [5.41, 5.74) is 1.22. The molecule has 0 aliphatic carbocycles. The second kappa shape index (κ2) is 13.0. The molecule has 1 aromatic rings. The Morgan fingerprint density at radius 3 is 2.41 bits per heavy atom. The van der Waals surface area contributed by atoms with Gasteiger partial charge in [-0.15, -0.1) is 0 Å². The molecule has 0 radical (unpaired) electrons. The first kappa shape index (κ1) is 23.0. The second-order valence-electron chi connectivity index (χ2n) is 7.82. The highest BCUT2D eigenvalue weighted by molar-refractivity contribution is 5.84. The van der Waals surface area contributed by atoms with Crippen molar-refractivity contribution in [1.29, 1.82) is 0 Å². The first-order valence-corrected chi connectivity index (χ1v) is 10.8. The molecule has 0 atom stereocenters. The van der Waals surface area contributed by atoms with Gasteiger partial charge in [0, 0.05) is 53.0 Å². The summed E-state index contributed by atoms with van der Waals surface area (Å²) >= 11 is 0. The van der Waals surface area contributed by atoms with E-state index in [2.05, 4.69) is 56.7 Å². The third kappa shape index (κ3) is 9.17. The van der Waals surface area contributed by atoms with Crippen LogP contribution in [0.4, 0.5) is 5.69 Å². The Kier molecular flexibility index (Phi) is 10.3. The number of carbonyl (C=O) groups excluding carboxylic acids is 1. The van der Waals surface area contributed by atoms with E-state index in [1.807, 2.05) is 6.07 Å². The van der Waals surface area contributed by atoms with E-state index < -0.39 is 0 Å². The van der Waals surface area contributed by atoms with Gasteiger partial charge in [-0.2, -0.15) is 0 Å². The van der Waals surface area contributed by atoms with Gasteiger partial charge in [0.15, 0.2) is 5.96 Å². The quantitative estimate of drug-likeness (QED) is 0.354. The Labute approximate surface area is 176 Å². The number of guanidine groups is 1. The van der Waals surface area contributed by atoms with Crippen molar-refractivity contribution in [3.05, 3.63) is 30.3 Å². The third-order valence-electron chi connectivity index (χ3n) is 5.20. The van der Waals surface area contributed by atoms with E-state index in [4.69, 9.17) is 0 Å². The van der Waals surface area contributed by atoms with Crippen molar-refractivity contribution in [3.63, 3.8) is 0 Å². The number of benzene rings is 1. The summed E-state index contributed by atoms with van der Waals surface area (Å²) < 4.78 is 0. The van der Waals surface area contributed by atoms with Crippen molar-refractivity contribution in [2.24, 2.45) is 4.99 Å². The van der Waals surface area contributed by atoms with Crippen molar-refractivity contribution < 1.29 is 4.79 Å². The molecule has 1 fully saturated rings. The summed E-state index contributed by atoms with van der Waals surface area (Å²) in [5.74, 6) is 0.727. The lowest BCUT2D eigenvalue weighted by Crippen LogP contribution is -2.43. The van der Waals surface area contributed by atoms with Crippen LogP contribution in [-0.4, -0.2) is 88.6 Å². The number of hydrogen-bond donors (Lipinski definition) is 2. The number of anilines is 1. The van der Waals surface area contributed by atoms with Crippen LogP contribution in [0, 0.1) is 0 Å². The summed E-state index contributed by atoms with van der Waals surface area (Å²) in [4.78, 5) is 22.7. The average Bonchev–Trinajstić information content (AvgIpc) is 2.75. The maximum atomic E-state index is 11.9. The van der Waals surface area contributed by atoms with E-state index in [9.17, 15) is 4.79 Å². The molecular formula is C22H38N6O. The Balaban J connectivity index is 1.75. The van der Waals surface area contributed by atoms with Gasteiger partial charge < -0.3 is 25.3 Å². The van der Waals surface area contributed by atoms with Crippen molar-refractivity contribution >= 4 is 17.6 Å². The lowest BCUT2D eigenvalue weighted by Gasteiger charge is -2.26. The number of para-hydroxylation sites is 1. The molecule has 1 amide bonds. The van der Waals surface area contributed by atoms with Crippen LogP contribution in [0.3, 0.4) is 0 Å². The monoisotopic (exact) mass is 402 g/mol. The number of piperidine rings is 1. The van der Waals surface area contributed by atoms with Crippen LogP contribution in [0.1, 0.15) is 25.7 Å². The van der Waals surface area contributed by atoms with Crippen LogP contribution < -0.4 is 15.5 Å². The van der Waals surface area contributed by atoms with Gasteiger partial charge in [-0.25, -0.2) is 4.99 Å². The highest BCUT2D eigenvalue weighted by Crippen LogP contribution is 2.10. The number of amides is 1. The zero-order valence-corrected chi connectivity index (χ0v) is 18.4. The molecule has 29 heavy (non-hydrogen) atoms. The minimum atomic E-state index is 0.00550. The molecule has 0 unspecified atom stereocenters. The normalized spacial score (nSPS) is 15.1. The van der Waals surface area contributed by atoms with Crippen molar-refractivity contribution in [2.45, 2.75) is 25.7 Å². The summed E-state index contributed by atoms with van der Waals surface area (Å²) in [6, 6.07) is 10.4. The fourth-order valence-corrected chi connectivity index (χ4v) is 3.31. The van der Waals surface area contributed by atoms with Crippen LogP contribution in [0.15, 0.2) is 35.3 Å². The highest BCUT2D eigenvalue weighted by Gasteiger charge is 2.10. The van der Waals surface area contributed by atoms with Gasteiger partial charge in [0.2, 0.25) is 5.91 Å². The molecule has 7 heteroatoms. The molecule has 0 spiro atoms. The van der Waals surface area contributed by atoms with E-state index in [1.165, 1.54) is 38.0 Å². The van der Waals surface area contributed by atoms with Gasteiger partial charge in [-0.3, -0.25) is 4.79 Å². The predicted octanol–water partition coefficient (Wildman–Crippen LogP) is 1.62. The van der Waals surface area contributed by atoms with Gasteiger partial charge >= 0.3 is 0 Å². The fourth-order valence-electron chi connectivity index (χ4n) is 3.31. The largest absolute Gasteiger partial charge is 0.375 e. The standard InChI is InChI=1S/C22H38N6O/c1-26(2)21(29)19-25-22(24-14-18-28-16-8-5-9-17-28)23-13-10-15-27(3)20-11-6-4-7-12-20/h4,6-7,11-12H,5,8-10,13-19H2,1-3H3,(H2,23,24,25). The van der Waals surface area contributed by atoms with E-state index in [1.54, 1.807) is 19.0 Å². The molecule has 1 aliphatic heterocycles. The van der Waals surface area contributed by atoms with Crippen LogP contribution >= 0.6 is 0 Å². The topological polar surface area (TPSA) is 63.2 Å². The molecule has 2 rings (SSSR count). The van der Waals surface area contributed by atoms with Crippen LogP contribution in [-0.2, 0) is 4.79 Å². The Morgan fingerprint density at radius 2 is 1.72 bits per heavy atom. The highest BCUT2D eigenvalue weighted by atomic mass is 16.2. The van der Waals surface area contributed by atoms with E-state index >= 15 is 0 Å². The van der Waals surface area contributed by atoms with Crippen molar-refractivity contribution in [2.75, 3.05) is 71.9 Å². The molecule has 0 saturated carbocycles. The Bertz CT molecular complexity index is 613.